The van der Waals surface area contributed by atoms with Crippen molar-refractivity contribution in [2.24, 2.45) is 0 Å². The quantitative estimate of drug-likeness (QED) is 0.687. The molecule has 1 amide bonds. The van der Waals surface area contributed by atoms with E-state index in [4.69, 9.17) is 9.47 Å². The Kier molecular flexibility index (Phi) is 6.48. The van der Waals surface area contributed by atoms with E-state index in [1.54, 1.807) is 24.3 Å². The molecule has 0 aliphatic carbocycles. The Morgan fingerprint density at radius 1 is 1.15 bits per heavy atom. The Hall–Kier alpha value is -2.98. The van der Waals surface area contributed by atoms with Gasteiger partial charge in [0.1, 0.15) is 11.6 Å². The molecule has 0 aliphatic rings. The third-order valence-corrected chi connectivity index (χ3v) is 4.86. The molecule has 10 heteroatoms. The molecular formula is C17H17FN2O6S. The number of hydrogen-bond acceptors (Lipinski definition) is 6. The number of amides is 1. The van der Waals surface area contributed by atoms with Gasteiger partial charge in [-0.05, 0) is 37.4 Å². The molecular weight excluding hydrogens is 379 g/mol. The largest absolute Gasteiger partial charge is 0.495 e. The van der Waals surface area contributed by atoms with E-state index in [9.17, 15) is 22.4 Å². The lowest BCUT2D eigenvalue weighted by molar-refractivity contribution is -0.119. The molecule has 0 unspecified atom stereocenters. The number of carbonyl (C=O) groups excluding carboxylic acids is 2. The highest BCUT2D eigenvalue weighted by molar-refractivity contribution is 7.89. The number of anilines is 1. The van der Waals surface area contributed by atoms with Gasteiger partial charge in [0.15, 0.2) is 6.61 Å². The fraction of sp³-hybridized carbons (Fsp3) is 0.176. The second-order valence-electron chi connectivity index (χ2n) is 5.17. The zero-order valence-electron chi connectivity index (χ0n) is 14.5. The fourth-order valence-electron chi connectivity index (χ4n) is 2.09. The molecule has 0 spiro atoms. The molecule has 0 atom stereocenters. The molecule has 0 heterocycles. The van der Waals surface area contributed by atoms with Crippen LogP contribution in [0.15, 0.2) is 47.4 Å². The summed E-state index contributed by atoms with van der Waals surface area (Å²) in [6.07, 6.45) is 0. The van der Waals surface area contributed by atoms with Crippen molar-refractivity contribution >= 4 is 27.6 Å². The van der Waals surface area contributed by atoms with Gasteiger partial charge in [-0.1, -0.05) is 12.1 Å². The Bertz CT molecular complexity index is 962. The van der Waals surface area contributed by atoms with Crippen LogP contribution in [0.25, 0.3) is 0 Å². The number of sulfonamides is 1. The SMILES string of the molecule is CNS(=O)(=O)c1ccc(F)c(C(=O)OCC(=O)Nc2ccccc2OC)c1. The number of rotatable bonds is 7. The van der Waals surface area contributed by atoms with Gasteiger partial charge in [0.2, 0.25) is 10.0 Å². The molecule has 0 bridgehead atoms. The molecule has 8 nitrogen and oxygen atoms in total. The molecule has 2 aromatic carbocycles. The van der Waals surface area contributed by atoms with Gasteiger partial charge < -0.3 is 14.8 Å². The number of nitrogens with one attached hydrogen (secondary N) is 2. The summed E-state index contributed by atoms with van der Waals surface area (Å²) in [5.74, 6) is -2.41. The van der Waals surface area contributed by atoms with Crippen molar-refractivity contribution in [3.63, 3.8) is 0 Å². The van der Waals surface area contributed by atoms with Crippen LogP contribution in [0.3, 0.4) is 0 Å². The lowest BCUT2D eigenvalue weighted by Gasteiger charge is -2.10. The summed E-state index contributed by atoms with van der Waals surface area (Å²) in [4.78, 5) is 23.7. The van der Waals surface area contributed by atoms with Gasteiger partial charge in [0.05, 0.1) is 23.3 Å². The molecule has 0 aromatic heterocycles. The number of hydrogen-bond donors (Lipinski definition) is 2. The molecule has 2 N–H and O–H groups in total. The number of benzene rings is 2. The highest BCUT2D eigenvalue weighted by atomic mass is 32.2. The predicted molar refractivity (Wildman–Crippen MR) is 94.6 cm³/mol. The van der Waals surface area contributed by atoms with E-state index in [2.05, 4.69) is 10.0 Å². The van der Waals surface area contributed by atoms with Crippen LogP contribution in [0.4, 0.5) is 10.1 Å². The summed E-state index contributed by atoms with van der Waals surface area (Å²) >= 11 is 0. The van der Waals surface area contributed by atoms with Crippen LogP contribution in [-0.2, 0) is 19.6 Å². The fourth-order valence-corrected chi connectivity index (χ4v) is 2.84. The van der Waals surface area contributed by atoms with E-state index in [1.165, 1.54) is 14.2 Å². The maximum atomic E-state index is 13.8. The minimum atomic E-state index is -3.87. The van der Waals surface area contributed by atoms with Crippen LogP contribution in [0, 0.1) is 5.82 Å². The van der Waals surface area contributed by atoms with Crippen LogP contribution in [-0.4, -0.2) is 41.1 Å². The van der Waals surface area contributed by atoms with E-state index in [1.807, 2.05) is 0 Å². The van der Waals surface area contributed by atoms with Crippen LogP contribution in [0.1, 0.15) is 10.4 Å². The lowest BCUT2D eigenvalue weighted by Crippen LogP contribution is -2.22. The highest BCUT2D eigenvalue weighted by Crippen LogP contribution is 2.23. The summed E-state index contributed by atoms with van der Waals surface area (Å²) in [6.45, 7) is -0.695. The third-order valence-electron chi connectivity index (χ3n) is 3.45. The molecule has 2 aromatic rings. The Labute approximate surface area is 155 Å². The van der Waals surface area contributed by atoms with Gasteiger partial charge in [-0.15, -0.1) is 0 Å². The summed E-state index contributed by atoms with van der Waals surface area (Å²) in [6, 6.07) is 9.27. The number of esters is 1. The van der Waals surface area contributed by atoms with Crippen molar-refractivity contribution in [2.45, 2.75) is 4.90 Å². The van der Waals surface area contributed by atoms with Crippen molar-refractivity contribution in [1.29, 1.82) is 0 Å². The zero-order valence-corrected chi connectivity index (χ0v) is 15.3. The van der Waals surface area contributed by atoms with Crippen molar-refractivity contribution in [2.75, 3.05) is 26.1 Å². The van der Waals surface area contributed by atoms with E-state index in [0.29, 0.717) is 11.4 Å². The standard InChI is InChI=1S/C17H17FN2O6S/c1-19-27(23,24)11-7-8-13(18)12(9-11)17(22)26-10-16(21)20-14-5-3-4-6-15(14)25-2/h3-9,19H,10H2,1-2H3,(H,20,21). The first-order valence-electron chi connectivity index (χ1n) is 7.61. The smallest absolute Gasteiger partial charge is 0.341 e. The first-order chi connectivity index (χ1) is 12.8. The molecule has 0 fully saturated rings. The third kappa shape index (κ3) is 5.02. The monoisotopic (exact) mass is 396 g/mol. The van der Waals surface area contributed by atoms with Gasteiger partial charge in [0, 0.05) is 0 Å². The number of halogens is 1. The summed E-state index contributed by atoms with van der Waals surface area (Å²) < 4.78 is 49.3. The van der Waals surface area contributed by atoms with Crippen molar-refractivity contribution in [3.8, 4) is 5.75 Å². The second kappa shape index (κ2) is 8.60. The van der Waals surface area contributed by atoms with Crippen LogP contribution in [0.5, 0.6) is 5.75 Å². The van der Waals surface area contributed by atoms with Gasteiger partial charge in [-0.25, -0.2) is 22.3 Å². The van der Waals surface area contributed by atoms with Crippen molar-refractivity contribution < 1.29 is 31.9 Å². The summed E-state index contributed by atoms with van der Waals surface area (Å²) in [5, 5.41) is 2.49. The van der Waals surface area contributed by atoms with E-state index >= 15 is 0 Å². The normalized spacial score (nSPS) is 10.9. The number of para-hydroxylation sites is 2. The highest BCUT2D eigenvalue weighted by Gasteiger charge is 2.20. The molecule has 0 saturated carbocycles. The van der Waals surface area contributed by atoms with Gasteiger partial charge in [0.25, 0.3) is 5.91 Å². The van der Waals surface area contributed by atoms with Crippen LogP contribution >= 0.6 is 0 Å². The molecule has 27 heavy (non-hydrogen) atoms. The molecule has 0 radical (unpaired) electrons. The van der Waals surface area contributed by atoms with Crippen LogP contribution < -0.4 is 14.8 Å². The Morgan fingerprint density at radius 3 is 2.52 bits per heavy atom. The summed E-state index contributed by atoms with van der Waals surface area (Å²) in [7, 11) is -1.26. The van der Waals surface area contributed by atoms with Crippen molar-refractivity contribution in [1.82, 2.24) is 4.72 Å². The molecule has 2 rings (SSSR count). The van der Waals surface area contributed by atoms with Gasteiger partial charge in [-0.2, -0.15) is 0 Å². The summed E-state index contributed by atoms with van der Waals surface area (Å²) in [5.41, 5.74) is -0.231. The van der Waals surface area contributed by atoms with Crippen LogP contribution in [0.2, 0.25) is 0 Å². The number of carbonyl (C=O) groups is 2. The average molecular weight is 396 g/mol. The molecule has 144 valence electrons. The first-order valence-corrected chi connectivity index (χ1v) is 9.10. The average Bonchev–Trinajstić information content (AvgIpc) is 2.66. The lowest BCUT2D eigenvalue weighted by atomic mass is 10.2. The second-order valence-corrected chi connectivity index (χ2v) is 7.06. The van der Waals surface area contributed by atoms with Crippen molar-refractivity contribution in [3.05, 3.63) is 53.8 Å². The zero-order chi connectivity index (χ0) is 20.0. The number of ether oxygens (including phenoxy) is 2. The Morgan fingerprint density at radius 2 is 1.85 bits per heavy atom. The van der Waals surface area contributed by atoms with E-state index < -0.39 is 39.9 Å². The number of methoxy groups -OCH3 is 1. The minimum absolute atomic E-state index is 0.308. The maximum absolute atomic E-state index is 13.8. The van der Waals surface area contributed by atoms with E-state index in [0.717, 1.165) is 18.2 Å². The first kappa shape index (κ1) is 20.3. The predicted octanol–water partition coefficient (Wildman–Crippen LogP) is 1.54. The maximum Gasteiger partial charge on any atom is 0.341 e. The Balaban J connectivity index is 2.07. The van der Waals surface area contributed by atoms with Gasteiger partial charge in [-0.3, -0.25) is 4.79 Å². The molecule has 0 aliphatic heterocycles. The minimum Gasteiger partial charge on any atom is -0.495 e. The molecule has 0 saturated heterocycles. The topological polar surface area (TPSA) is 111 Å². The van der Waals surface area contributed by atoms with E-state index in [-0.39, 0.29) is 4.90 Å². The van der Waals surface area contributed by atoms with Gasteiger partial charge >= 0.3 is 5.97 Å².